The quantitative estimate of drug-likeness (QED) is 0.202. The van der Waals surface area contributed by atoms with Gasteiger partial charge in [0.05, 0.1) is 5.75 Å². The largest absolute Gasteiger partial charge is 0.619 e. The van der Waals surface area contributed by atoms with Crippen molar-refractivity contribution in [2.24, 2.45) is 0 Å². The first-order valence-electron chi connectivity index (χ1n) is 8.42. The molecule has 2 N–H and O–H groups in total. The molecule has 12 heteroatoms. The number of carbonyl (C=O) groups is 4. The van der Waals surface area contributed by atoms with Gasteiger partial charge in [-0.2, -0.15) is 0 Å². The fourth-order valence-electron chi connectivity index (χ4n) is 3.03. The molecule has 2 aliphatic rings. The zero-order valence-corrected chi connectivity index (χ0v) is 16.8. The minimum atomic E-state index is -1.68. The number of aliphatic carboxylic acids is 1. The lowest BCUT2D eigenvalue weighted by Gasteiger charge is -2.57. The summed E-state index contributed by atoms with van der Waals surface area (Å²) in [6.07, 6.45) is 3.18. The Balaban J connectivity index is 1.69. The number of hydrogen-bond acceptors (Lipinski definition) is 9. The highest BCUT2D eigenvalue weighted by Crippen LogP contribution is 2.47. The van der Waals surface area contributed by atoms with Crippen molar-refractivity contribution in [3.8, 4) is 0 Å². The third-order valence-electron chi connectivity index (χ3n) is 4.32. The van der Waals surface area contributed by atoms with Crippen molar-refractivity contribution in [1.29, 1.82) is 0 Å². The molecule has 3 rings (SSSR count). The number of hydroxylamine groups is 3. The van der Waals surface area contributed by atoms with Crippen LogP contribution < -0.4 is 5.32 Å². The highest BCUT2D eigenvalue weighted by atomic mass is 32.2. The number of pyridine rings is 1. The molecule has 1 saturated heterocycles. The monoisotopic (exact) mass is 439 g/mol. The predicted octanol–water partition coefficient (Wildman–Crippen LogP) is 0.488. The standard InChI is InChI=1S/C17H17N3O7S2/c1-9(21)27-6-10-7-29-16-13(15(23)20(16,26)14(10)17(24)25)19-12(22)8-28-11-2-4-18-5-3-11/h2-5,13,16H,6-8H2,1H3,(H,19,22)(H,24,25)/t13-,16-,20?/m1/s1. The maximum absolute atomic E-state index is 13.1. The number of β-lactam (4-membered cyclic amide) rings is 1. The second-order valence-electron chi connectivity index (χ2n) is 6.25. The van der Waals surface area contributed by atoms with Gasteiger partial charge in [-0.05, 0) is 12.1 Å². The van der Waals surface area contributed by atoms with Crippen LogP contribution in [0.1, 0.15) is 6.92 Å². The molecule has 0 radical (unpaired) electrons. The summed E-state index contributed by atoms with van der Waals surface area (Å²) in [7, 11) is 0. The molecule has 2 amide bonds. The number of rotatable bonds is 7. The Hall–Kier alpha value is -2.41. The van der Waals surface area contributed by atoms with Gasteiger partial charge < -0.3 is 20.4 Å². The number of quaternary nitrogens is 1. The van der Waals surface area contributed by atoms with Crippen LogP contribution in [0.3, 0.4) is 0 Å². The molecule has 10 nitrogen and oxygen atoms in total. The van der Waals surface area contributed by atoms with Crippen LogP contribution in [0.4, 0.5) is 0 Å². The van der Waals surface area contributed by atoms with Crippen molar-refractivity contribution in [2.75, 3.05) is 18.1 Å². The predicted molar refractivity (Wildman–Crippen MR) is 103 cm³/mol. The lowest BCUT2D eigenvalue weighted by molar-refractivity contribution is -0.805. The molecule has 154 valence electrons. The fourth-order valence-corrected chi connectivity index (χ4v) is 5.12. The van der Waals surface area contributed by atoms with Crippen molar-refractivity contribution in [2.45, 2.75) is 23.2 Å². The summed E-state index contributed by atoms with van der Waals surface area (Å²) in [4.78, 5) is 52.1. The third kappa shape index (κ3) is 4.15. The minimum Gasteiger partial charge on any atom is -0.619 e. The van der Waals surface area contributed by atoms with Gasteiger partial charge in [0.2, 0.25) is 17.6 Å². The van der Waals surface area contributed by atoms with E-state index in [2.05, 4.69) is 10.3 Å². The van der Waals surface area contributed by atoms with Crippen molar-refractivity contribution in [3.63, 3.8) is 0 Å². The zero-order valence-electron chi connectivity index (χ0n) is 15.2. The molecule has 1 unspecified atom stereocenters. The Morgan fingerprint density at radius 1 is 1.41 bits per heavy atom. The van der Waals surface area contributed by atoms with Crippen LogP contribution in [0.25, 0.3) is 0 Å². The molecule has 1 aromatic heterocycles. The highest BCUT2D eigenvalue weighted by molar-refractivity contribution is 8.00. The number of aromatic nitrogens is 1. The van der Waals surface area contributed by atoms with E-state index >= 15 is 0 Å². The molecular formula is C17H17N3O7S2. The Bertz CT molecular complexity index is 892. The van der Waals surface area contributed by atoms with E-state index in [0.29, 0.717) is 0 Å². The second kappa shape index (κ2) is 8.53. The van der Waals surface area contributed by atoms with Gasteiger partial charge in [0.15, 0.2) is 5.37 Å². The summed E-state index contributed by atoms with van der Waals surface area (Å²) >= 11 is 2.30. The number of carboxylic acids is 1. The number of carbonyl (C=O) groups excluding carboxylic acids is 3. The van der Waals surface area contributed by atoms with Gasteiger partial charge in [0, 0.05) is 35.5 Å². The van der Waals surface area contributed by atoms with Gasteiger partial charge >= 0.3 is 17.8 Å². The molecule has 0 aliphatic carbocycles. The average molecular weight is 439 g/mol. The van der Waals surface area contributed by atoms with Gasteiger partial charge in [-0.25, -0.2) is 14.2 Å². The van der Waals surface area contributed by atoms with Crippen LogP contribution in [0.5, 0.6) is 0 Å². The number of thioether (sulfide) groups is 2. The SMILES string of the molecule is CC(=O)OCC1=C(C(=O)O)[N+]2([O-])C(=O)[C@@H](NC(=O)CSc3ccncc3)[C@H]2SC1. The average Bonchev–Trinajstić information content (AvgIpc) is 2.69. The summed E-state index contributed by atoms with van der Waals surface area (Å²) in [6, 6.07) is 2.39. The molecular weight excluding hydrogens is 422 g/mol. The zero-order chi connectivity index (χ0) is 21.2. The van der Waals surface area contributed by atoms with E-state index in [0.717, 1.165) is 23.6 Å². The molecule has 1 fully saturated rings. The molecule has 0 spiro atoms. The summed E-state index contributed by atoms with van der Waals surface area (Å²) in [6.45, 7) is 0.789. The van der Waals surface area contributed by atoms with Gasteiger partial charge in [-0.1, -0.05) is 11.8 Å². The maximum atomic E-state index is 13.1. The first kappa shape index (κ1) is 21.3. The van der Waals surface area contributed by atoms with Crippen LogP contribution >= 0.6 is 23.5 Å². The number of nitrogens with one attached hydrogen (secondary N) is 1. The Morgan fingerprint density at radius 3 is 2.72 bits per heavy atom. The smallest absolute Gasteiger partial charge is 0.391 e. The summed E-state index contributed by atoms with van der Waals surface area (Å²) < 4.78 is 3.12. The van der Waals surface area contributed by atoms with Crippen LogP contribution in [0.2, 0.25) is 0 Å². The molecule has 3 heterocycles. The number of esters is 1. The molecule has 1 aromatic rings. The Morgan fingerprint density at radius 2 is 2.10 bits per heavy atom. The Kier molecular flexibility index (Phi) is 6.27. The van der Waals surface area contributed by atoms with Gasteiger partial charge in [0.25, 0.3) is 0 Å². The van der Waals surface area contributed by atoms with E-state index in [4.69, 9.17) is 4.74 Å². The molecule has 0 saturated carbocycles. The summed E-state index contributed by atoms with van der Waals surface area (Å²) in [5.41, 5.74) is -0.563. The van der Waals surface area contributed by atoms with Crippen LogP contribution in [0.15, 0.2) is 40.7 Å². The molecule has 3 atom stereocenters. The third-order valence-corrected chi connectivity index (χ3v) is 6.76. The van der Waals surface area contributed by atoms with Crippen molar-refractivity contribution in [1.82, 2.24) is 10.3 Å². The van der Waals surface area contributed by atoms with Crippen molar-refractivity contribution < 1.29 is 33.7 Å². The Labute approximate surface area is 173 Å². The highest BCUT2D eigenvalue weighted by Gasteiger charge is 2.65. The van der Waals surface area contributed by atoms with E-state index in [-0.39, 0.29) is 23.7 Å². The minimum absolute atomic E-state index is 0.0311. The fraction of sp³-hybridized carbons (Fsp3) is 0.353. The maximum Gasteiger partial charge on any atom is 0.391 e. The first-order chi connectivity index (χ1) is 13.7. The van der Waals surface area contributed by atoms with Gasteiger partial charge in [0.1, 0.15) is 6.61 Å². The number of fused-ring (bicyclic) bond motifs is 1. The number of amides is 2. The summed E-state index contributed by atoms with van der Waals surface area (Å²) in [5, 5.41) is 24.1. The van der Waals surface area contributed by atoms with Gasteiger partial charge in [-0.3, -0.25) is 14.6 Å². The second-order valence-corrected chi connectivity index (χ2v) is 8.41. The van der Waals surface area contributed by atoms with Crippen LogP contribution in [-0.4, -0.2) is 68.0 Å². The topological polar surface area (TPSA) is 146 Å². The van der Waals surface area contributed by atoms with E-state index in [1.165, 1.54) is 11.8 Å². The number of nitrogens with zero attached hydrogens (tertiary/aromatic N) is 2. The molecule has 0 aromatic carbocycles. The van der Waals surface area contributed by atoms with E-state index in [9.17, 15) is 29.5 Å². The van der Waals surface area contributed by atoms with Crippen molar-refractivity contribution in [3.05, 3.63) is 41.0 Å². The van der Waals surface area contributed by atoms with E-state index in [1.807, 2.05) is 0 Å². The summed E-state index contributed by atoms with van der Waals surface area (Å²) in [5.74, 6) is -3.43. The molecule has 0 bridgehead atoms. The van der Waals surface area contributed by atoms with E-state index < -0.39 is 45.5 Å². The number of hydrogen-bond donors (Lipinski definition) is 2. The first-order valence-corrected chi connectivity index (χ1v) is 10.5. The molecule has 2 aliphatic heterocycles. The number of carboxylic acid groups (broad SMARTS) is 1. The lowest BCUT2D eigenvalue weighted by Crippen LogP contribution is -2.79. The lowest BCUT2D eigenvalue weighted by atomic mass is 10.0. The van der Waals surface area contributed by atoms with E-state index in [1.54, 1.807) is 24.5 Å². The normalized spacial score (nSPS) is 25.7. The van der Waals surface area contributed by atoms with Crippen LogP contribution in [0, 0.1) is 5.21 Å². The number of ether oxygens (including phenoxy) is 1. The van der Waals surface area contributed by atoms with Crippen molar-refractivity contribution >= 4 is 47.3 Å². The van der Waals surface area contributed by atoms with Crippen LogP contribution in [-0.2, 0) is 23.9 Å². The molecule has 29 heavy (non-hydrogen) atoms. The van der Waals surface area contributed by atoms with Gasteiger partial charge in [-0.15, -0.1) is 11.8 Å².